The Morgan fingerprint density at radius 2 is 1.16 bits per heavy atom. The number of halogens is 3. The zero-order valence-corrected chi connectivity index (χ0v) is 48.2. The first-order valence-electron chi connectivity index (χ1n) is 25.0. The van der Waals surface area contributed by atoms with Crippen LogP contribution in [0.3, 0.4) is 0 Å². The van der Waals surface area contributed by atoms with Crippen molar-refractivity contribution in [3.63, 3.8) is 0 Å². The molecular formula is C55H62Cl3N10O6PS2. The molecule has 0 unspecified atom stereocenters. The number of carbonyl (C=O) groups excluding carboxylic acids is 1. The number of nitrogens with one attached hydrogen (secondary N) is 2. The molecule has 0 aliphatic heterocycles. The fourth-order valence-electron chi connectivity index (χ4n) is 9.24. The molecule has 4 atom stereocenters. The van der Waals surface area contributed by atoms with E-state index in [1.807, 2.05) is 45.0 Å². The van der Waals surface area contributed by atoms with E-state index in [4.69, 9.17) is 50.3 Å². The summed E-state index contributed by atoms with van der Waals surface area (Å²) in [6.07, 6.45) is 14.2. The van der Waals surface area contributed by atoms with Crippen LogP contribution in [0.25, 0.3) is 44.3 Å². The number of nitrogens with two attached hydrogens (primary N) is 1. The standard InChI is InChI=1S/C29H32ClN5O4S.C18H11Cl2N3O2S.C7H15N.CH4NP/c1-29(2,3)39-28(36)33-20-11-9-10-19(16-20)32-27-31-17-24(30)26(34-27)23-18-35(25-15-8-7-14-22(23)25)40(37,38)21-12-5-4-6-13-21;19-15-10-21-18(20)22-17(15)14-11-23(16-9-5-4-8-13(14)16)26(24,25)12-6-2-1-3-7-12;1-6-3-2-4-7(8)5-6;1-2-3/h4-8,12-15,17-20H,9-11,16H2,1-3H3,(H,33,36)(H,31,32,34);1-11H;6-7H,2-5,8H2,1H3;3H,1H3/t19-,20+;;6-,7+;/m1.0./s1. The van der Waals surface area contributed by atoms with Gasteiger partial charge in [-0.05, 0) is 122 Å². The van der Waals surface area contributed by atoms with Gasteiger partial charge in [0.25, 0.3) is 20.0 Å². The van der Waals surface area contributed by atoms with Gasteiger partial charge in [0.1, 0.15) is 5.60 Å². The van der Waals surface area contributed by atoms with E-state index < -0.39 is 31.7 Å². The lowest BCUT2D eigenvalue weighted by molar-refractivity contribution is 0.0491. The highest BCUT2D eigenvalue weighted by molar-refractivity contribution is 7.90. The molecule has 4 aromatic heterocycles. The van der Waals surface area contributed by atoms with E-state index in [1.165, 1.54) is 52.2 Å². The van der Waals surface area contributed by atoms with Crippen LogP contribution in [0.1, 0.15) is 79.1 Å². The lowest BCUT2D eigenvalue weighted by Crippen LogP contribution is -2.44. The molecule has 0 spiro atoms. The molecule has 10 rings (SSSR count). The number of aromatic nitrogens is 6. The Labute approximate surface area is 467 Å². The summed E-state index contributed by atoms with van der Waals surface area (Å²) in [7, 11) is -3.16. The molecule has 8 aromatic rings. The van der Waals surface area contributed by atoms with Gasteiger partial charge in [0.2, 0.25) is 11.2 Å². The van der Waals surface area contributed by atoms with Crippen LogP contribution in [0.5, 0.6) is 0 Å². The van der Waals surface area contributed by atoms with E-state index in [0.29, 0.717) is 67.8 Å². The predicted molar refractivity (Wildman–Crippen MR) is 310 cm³/mol. The Kier molecular flexibility index (Phi) is 19.9. The molecule has 22 heteroatoms. The SMILES string of the molecule is CC(C)(C)OC(=O)N[C@H]1CCC[C@@H](Nc2ncc(Cl)c(-c3cn(S(=O)(=O)c4ccccc4)c4ccccc34)n2)C1.CN=P.C[C@H]1CCC[C@@H](N)C1.O=S(=O)(c1ccccc1)n1cc(-c2nc(Cl)ncc2Cl)c2ccccc21. The van der Waals surface area contributed by atoms with Gasteiger partial charge >= 0.3 is 6.09 Å². The van der Waals surface area contributed by atoms with Gasteiger partial charge in [-0.2, -0.15) is 0 Å². The molecule has 2 aliphatic carbocycles. The maximum Gasteiger partial charge on any atom is 0.407 e. The first kappa shape index (κ1) is 58.7. The second-order valence-corrected chi connectivity index (χ2v) is 24.9. The molecule has 2 fully saturated rings. The summed E-state index contributed by atoms with van der Waals surface area (Å²) in [5, 5.41) is 8.37. The zero-order valence-electron chi connectivity index (χ0n) is 43.3. The van der Waals surface area contributed by atoms with Crippen LogP contribution < -0.4 is 16.4 Å². The van der Waals surface area contributed by atoms with Crippen molar-refractivity contribution in [2.24, 2.45) is 16.4 Å². The van der Waals surface area contributed by atoms with Crippen molar-refractivity contribution in [3.05, 3.63) is 149 Å². The quantitative estimate of drug-likeness (QED) is 0.0908. The third-order valence-corrected chi connectivity index (χ3v) is 16.7. The minimum atomic E-state index is -3.86. The molecule has 1 amide bonds. The highest BCUT2D eigenvalue weighted by Gasteiger charge is 2.28. The fourth-order valence-corrected chi connectivity index (χ4v) is 12.5. The predicted octanol–water partition coefficient (Wildman–Crippen LogP) is 13.3. The summed E-state index contributed by atoms with van der Waals surface area (Å²) in [4.78, 5) is 29.8. The average molecular weight is 1160 g/mol. The van der Waals surface area contributed by atoms with Gasteiger partial charge in [0.05, 0.1) is 54.7 Å². The molecule has 0 bridgehead atoms. The molecule has 16 nitrogen and oxygen atoms in total. The van der Waals surface area contributed by atoms with Crippen LogP contribution in [-0.4, -0.2) is 81.6 Å². The van der Waals surface area contributed by atoms with Crippen LogP contribution >= 0.6 is 43.8 Å². The van der Waals surface area contributed by atoms with Gasteiger partial charge in [-0.1, -0.05) is 116 Å². The number of hydrogen-bond donors (Lipinski definition) is 3. The van der Waals surface area contributed by atoms with Crippen molar-refractivity contribution in [1.82, 2.24) is 33.2 Å². The third-order valence-electron chi connectivity index (χ3n) is 12.6. The number of fused-ring (bicyclic) bond motifs is 2. The molecule has 4 aromatic carbocycles. The zero-order chi connectivity index (χ0) is 55.5. The molecular weight excluding hydrogens is 1100 g/mol. The third kappa shape index (κ3) is 15.0. The van der Waals surface area contributed by atoms with Crippen molar-refractivity contribution in [3.8, 4) is 22.5 Å². The number of rotatable bonds is 9. The minimum absolute atomic E-state index is 0.0301. The highest BCUT2D eigenvalue weighted by atomic mass is 35.5. The molecule has 0 radical (unpaired) electrons. The van der Waals surface area contributed by atoms with Crippen LogP contribution in [-0.2, 0) is 24.8 Å². The van der Waals surface area contributed by atoms with Gasteiger partial charge in [-0.3, -0.25) is 4.74 Å². The maximum atomic E-state index is 13.5. The monoisotopic (exact) mass is 1160 g/mol. The van der Waals surface area contributed by atoms with Crippen LogP contribution in [0.4, 0.5) is 10.7 Å². The second-order valence-electron chi connectivity index (χ2n) is 19.7. The Hall–Kier alpha value is -5.98. The van der Waals surface area contributed by atoms with E-state index in [9.17, 15) is 21.6 Å². The van der Waals surface area contributed by atoms with Gasteiger partial charge in [0.15, 0.2) is 0 Å². The van der Waals surface area contributed by atoms with E-state index in [0.717, 1.165) is 25.2 Å². The summed E-state index contributed by atoms with van der Waals surface area (Å²) in [6, 6.07) is 31.4. The molecule has 0 saturated heterocycles. The number of benzene rings is 4. The minimum Gasteiger partial charge on any atom is -0.444 e. The van der Waals surface area contributed by atoms with E-state index in [-0.39, 0.29) is 32.2 Å². The summed E-state index contributed by atoms with van der Waals surface area (Å²) in [5.41, 5.74) is 8.16. The van der Waals surface area contributed by atoms with Gasteiger partial charge < -0.3 is 21.1 Å². The maximum absolute atomic E-state index is 13.5. The number of carbonyl (C=O) groups is 1. The number of nitrogens with zero attached hydrogens (tertiary/aromatic N) is 7. The molecule has 2 saturated carbocycles. The van der Waals surface area contributed by atoms with E-state index >= 15 is 0 Å². The van der Waals surface area contributed by atoms with Gasteiger partial charge in [-0.15, -0.1) is 0 Å². The van der Waals surface area contributed by atoms with Crippen molar-refractivity contribution in [2.75, 3.05) is 12.4 Å². The van der Waals surface area contributed by atoms with Crippen molar-refractivity contribution < 1.29 is 26.4 Å². The number of para-hydroxylation sites is 2. The summed E-state index contributed by atoms with van der Waals surface area (Å²) in [5.74, 6) is 1.27. The van der Waals surface area contributed by atoms with Gasteiger partial charge in [-0.25, -0.2) is 49.5 Å². The van der Waals surface area contributed by atoms with Crippen LogP contribution in [0, 0.1) is 5.92 Å². The number of anilines is 1. The second kappa shape index (κ2) is 26.1. The molecule has 406 valence electrons. The molecule has 4 heterocycles. The molecule has 77 heavy (non-hydrogen) atoms. The van der Waals surface area contributed by atoms with Crippen molar-refractivity contribution in [2.45, 2.75) is 113 Å². The van der Waals surface area contributed by atoms with E-state index in [2.05, 4.69) is 46.3 Å². The lowest BCUT2D eigenvalue weighted by atomic mass is 9.88. The largest absolute Gasteiger partial charge is 0.444 e. The number of alkyl carbamates (subject to hydrolysis) is 1. The van der Waals surface area contributed by atoms with Gasteiger partial charge in [0, 0.05) is 59.5 Å². The number of amides is 1. The lowest BCUT2D eigenvalue weighted by Gasteiger charge is -2.31. The van der Waals surface area contributed by atoms with Crippen molar-refractivity contribution >= 4 is 97.7 Å². The molecule has 2 aliphatic rings. The topological polar surface area (TPSA) is 218 Å². The Morgan fingerprint density at radius 1 is 0.688 bits per heavy atom. The average Bonchev–Trinajstić information content (AvgIpc) is 4.07. The smallest absolute Gasteiger partial charge is 0.407 e. The van der Waals surface area contributed by atoms with Crippen molar-refractivity contribution in [1.29, 1.82) is 0 Å². The molecule has 4 N–H and O–H groups in total. The van der Waals surface area contributed by atoms with E-state index in [1.54, 1.807) is 98.2 Å². The Bertz CT molecular complexity index is 3540. The number of hydrogen-bond acceptors (Lipinski definition) is 13. The summed E-state index contributed by atoms with van der Waals surface area (Å²) < 4.78 is 64.5. The first-order chi connectivity index (χ1) is 36.7. The Morgan fingerprint density at radius 3 is 1.65 bits per heavy atom. The van der Waals surface area contributed by atoms with Crippen LogP contribution in [0.15, 0.2) is 149 Å². The summed E-state index contributed by atoms with van der Waals surface area (Å²) in [6.45, 7) is 7.80. The first-order valence-corrected chi connectivity index (χ1v) is 29.5. The number of ether oxygens (including phenoxy) is 1. The van der Waals surface area contributed by atoms with Crippen LogP contribution in [0.2, 0.25) is 15.3 Å². The normalized spacial score (nSPS) is 17.6. The summed E-state index contributed by atoms with van der Waals surface area (Å²) >= 11 is 18.7. The Balaban J connectivity index is 0.000000197. The fraction of sp³-hybridized carbons (Fsp3) is 0.327. The highest BCUT2D eigenvalue weighted by Crippen LogP contribution is 2.38.